The summed E-state index contributed by atoms with van der Waals surface area (Å²) in [6.45, 7) is 8.20. The van der Waals surface area contributed by atoms with Gasteiger partial charge in [0.25, 0.3) is 0 Å². The first-order valence-electron chi connectivity index (χ1n) is 10.1. The van der Waals surface area contributed by atoms with Gasteiger partial charge in [0.15, 0.2) is 11.8 Å². The van der Waals surface area contributed by atoms with Crippen molar-refractivity contribution >= 4 is 5.96 Å². The van der Waals surface area contributed by atoms with Crippen molar-refractivity contribution in [2.24, 2.45) is 4.99 Å². The summed E-state index contributed by atoms with van der Waals surface area (Å²) < 4.78 is 7.09. The normalized spacial score (nSPS) is 11.4. The third kappa shape index (κ3) is 5.37. The molecule has 0 amide bonds. The molecule has 7 heteroatoms. The second-order valence-corrected chi connectivity index (χ2v) is 7.24. The lowest BCUT2D eigenvalue weighted by atomic mass is 10.2. The molecule has 0 fully saturated rings. The number of nitrogens with one attached hydrogen (secondary N) is 1. The summed E-state index contributed by atoms with van der Waals surface area (Å²) >= 11 is 0. The highest BCUT2D eigenvalue weighted by Crippen LogP contribution is 2.13. The number of hydrogen-bond donors (Lipinski definition) is 1. The monoisotopic (exact) mass is 406 g/mol. The number of rotatable bonds is 7. The molecular weight excluding hydrogens is 376 g/mol. The molecule has 2 aromatic heterocycles. The van der Waals surface area contributed by atoms with Crippen LogP contribution in [0.3, 0.4) is 0 Å². The Labute approximate surface area is 178 Å². The third-order valence-electron chi connectivity index (χ3n) is 4.72. The topological polar surface area (TPSA) is 67.6 Å². The highest BCUT2D eigenvalue weighted by Gasteiger charge is 2.08. The molecule has 0 saturated heterocycles. The zero-order chi connectivity index (χ0) is 21.5. The number of hydrogen-bond acceptors (Lipinski definition) is 4. The van der Waals surface area contributed by atoms with Gasteiger partial charge in [0.05, 0.1) is 19.3 Å². The minimum Gasteiger partial charge on any atom is -0.497 e. The van der Waals surface area contributed by atoms with Gasteiger partial charge in [-0.25, -0.2) is 14.7 Å². The van der Waals surface area contributed by atoms with Crippen molar-refractivity contribution in [1.82, 2.24) is 25.0 Å². The van der Waals surface area contributed by atoms with E-state index in [0.29, 0.717) is 6.54 Å². The second-order valence-electron chi connectivity index (χ2n) is 7.24. The Morgan fingerprint density at radius 2 is 1.87 bits per heavy atom. The number of aromatic nitrogens is 3. The minimum atomic E-state index is 0.555. The van der Waals surface area contributed by atoms with E-state index < -0.39 is 0 Å². The second kappa shape index (κ2) is 9.91. The van der Waals surface area contributed by atoms with Crippen molar-refractivity contribution in [2.75, 3.05) is 20.7 Å². The number of guanidine groups is 1. The average Bonchev–Trinajstić information content (AvgIpc) is 3.10. The first-order chi connectivity index (χ1) is 14.5. The maximum atomic E-state index is 5.23. The molecule has 0 spiro atoms. The molecule has 0 aliphatic rings. The van der Waals surface area contributed by atoms with Crippen LogP contribution < -0.4 is 10.1 Å². The van der Waals surface area contributed by atoms with E-state index in [0.717, 1.165) is 47.6 Å². The van der Waals surface area contributed by atoms with E-state index in [-0.39, 0.29) is 0 Å². The van der Waals surface area contributed by atoms with E-state index in [2.05, 4.69) is 45.4 Å². The van der Waals surface area contributed by atoms with Gasteiger partial charge in [-0.15, -0.1) is 0 Å². The minimum absolute atomic E-state index is 0.555. The summed E-state index contributed by atoms with van der Waals surface area (Å²) in [6, 6.07) is 14.2. The molecule has 3 rings (SSSR count). The van der Waals surface area contributed by atoms with Gasteiger partial charge in [0.1, 0.15) is 5.75 Å². The lowest BCUT2D eigenvalue weighted by Gasteiger charge is -2.22. The van der Waals surface area contributed by atoms with Crippen LogP contribution in [0.4, 0.5) is 0 Å². The maximum absolute atomic E-state index is 5.23. The summed E-state index contributed by atoms with van der Waals surface area (Å²) in [5.41, 5.74) is 4.30. The molecule has 3 aromatic rings. The van der Waals surface area contributed by atoms with Crippen LogP contribution in [-0.2, 0) is 13.1 Å². The fourth-order valence-corrected chi connectivity index (χ4v) is 3.21. The smallest absolute Gasteiger partial charge is 0.194 e. The molecule has 0 saturated carbocycles. The van der Waals surface area contributed by atoms with Crippen LogP contribution in [0.25, 0.3) is 5.82 Å². The molecular formula is C23H30N6O. The Morgan fingerprint density at radius 3 is 2.43 bits per heavy atom. The molecule has 7 nitrogen and oxygen atoms in total. The first-order valence-corrected chi connectivity index (χ1v) is 10.1. The van der Waals surface area contributed by atoms with Gasteiger partial charge in [-0.1, -0.05) is 18.2 Å². The van der Waals surface area contributed by atoms with Gasteiger partial charge in [-0.05, 0) is 56.2 Å². The fraction of sp³-hybridized carbons (Fsp3) is 0.348. The largest absolute Gasteiger partial charge is 0.497 e. The summed E-state index contributed by atoms with van der Waals surface area (Å²) in [5, 5.41) is 7.84. The summed E-state index contributed by atoms with van der Waals surface area (Å²) in [7, 11) is 3.71. The fourth-order valence-electron chi connectivity index (χ4n) is 3.21. The number of benzene rings is 1. The molecule has 30 heavy (non-hydrogen) atoms. The average molecular weight is 407 g/mol. The lowest BCUT2D eigenvalue weighted by molar-refractivity contribution is 0.414. The number of nitrogens with zero attached hydrogens (tertiary/aromatic N) is 5. The van der Waals surface area contributed by atoms with Crippen molar-refractivity contribution in [3.63, 3.8) is 0 Å². The number of aryl methyl sites for hydroxylation is 2. The molecule has 1 N–H and O–H groups in total. The van der Waals surface area contributed by atoms with E-state index in [4.69, 9.17) is 9.73 Å². The van der Waals surface area contributed by atoms with Gasteiger partial charge >= 0.3 is 0 Å². The summed E-state index contributed by atoms with van der Waals surface area (Å²) in [4.78, 5) is 11.5. The van der Waals surface area contributed by atoms with Gasteiger partial charge < -0.3 is 15.0 Å². The van der Waals surface area contributed by atoms with Crippen LogP contribution in [0.1, 0.15) is 29.4 Å². The highest BCUT2D eigenvalue weighted by atomic mass is 16.5. The molecule has 0 aliphatic heterocycles. The number of methoxy groups -OCH3 is 1. The quantitative estimate of drug-likeness (QED) is 0.481. The Balaban J connectivity index is 1.68. The van der Waals surface area contributed by atoms with E-state index in [9.17, 15) is 0 Å². The molecule has 2 heterocycles. The molecule has 0 aliphatic carbocycles. The van der Waals surface area contributed by atoms with Crippen molar-refractivity contribution in [3.8, 4) is 11.6 Å². The van der Waals surface area contributed by atoms with Crippen molar-refractivity contribution in [2.45, 2.75) is 33.9 Å². The maximum Gasteiger partial charge on any atom is 0.194 e. The third-order valence-corrected chi connectivity index (χ3v) is 4.72. The van der Waals surface area contributed by atoms with Crippen LogP contribution in [0.15, 0.2) is 53.7 Å². The number of ether oxygens (including phenoxy) is 1. The van der Waals surface area contributed by atoms with E-state index in [1.165, 1.54) is 5.56 Å². The zero-order valence-corrected chi connectivity index (χ0v) is 18.4. The predicted molar refractivity (Wildman–Crippen MR) is 120 cm³/mol. The number of aliphatic imine (C=N–C) groups is 1. The lowest BCUT2D eigenvalue weighted by Crippen LogP contribution is -2.38. The molecule has 0 atom stereocenters. The van der Waals surface area contributed by atoms with Crippen LogP contribution in [0, 0.1) is 13.8 Å². The number of pyridine rings is 1. The first kappa shape index (κ1) is 21.4. The van der Waals surface area contributed by atoms with Gasteiger partial charge in [0, 0.05) is 32.0 Å². The molecule has 0 unspecified atom stereocenters. The van der Waals surface area contributed by atoms with E-state index in [1.807, 2.05) is 56.0 Å². The van der Waals surface area contributed by atoms with Gasteiger partial charge in [0.2, 0.25) is 0 Å². The van der Waals surface area contributed by atoms with Crippen molar-refractivity contribution < 1.29 is 4.74 Å². The SMILES string of the molecule is CCNC(=NCc1ccc(-n2nc(C)cc2C)nc1)N(C)Cc1ccc(OC)cc1. The van der Waals surface area contributed by atoms with Crippen LogP contribution in [0.5, 0.6) is 5.75 Å². The predicted octanol–water partition coefficient (Wildman–Crippen LogP) is 3.49. The van der Waals surface area contributed by atoms with Crippen molar-refractivity contribution in [1.29, 1.82) is 0 Å². The summed E-state index contributed by atoms with van der Waals surface area (Å²) in [5.74, 6) is 2.53. The standard InChI is InChI=1S/C23H30N6O/c1-6-24-23(28(4)16-19-7-10-21(30-5)11-8-19)26-15-20-9-12-22(25-14-20)29-18(3)13-17(2)27-29/h7-14H,6,15-16H2,1-5H3,(H,24,26). The Bertz CT molecular complexity index is 976. The van der Waals surface area contributed by atoms with Gasteiger partial charge in [-0.2, -0.15) is 5.10 Å². The Kier molecular flexibility index (Phi) is 7.06. The van der Waals surface area contributed by atoms with Crippen LogP contribution >= 0.6 is 0 Å². The Hall–Kier alpha value is -3.35. The van der Waals surface area contributed by atoms with Crippen molar-refractivity contribution in [3.05, 3.63) is 71.2 Å². The summed E-state index contributed by atoms with van der Waals surface area (Å²) in [6.07, 6.45) is 1.86. The van der Waals surface area contributed by atoms with Crippen LogP contribution in [-0.4, -0.2) is 46.3 Å². The molecule has 1 aromatic carbocycles. The molecule has 158 valence electrons. The highest BCUT2D eigenvalue weighted by molar-refractivity contribution is 5.79. The van der Waals surface area contributed by atoms with Gasteiger partial charge in [-0.3, -0.25) is 0 Å². The Morgan fingerprint density at radius 1 is 1.13 bits per heavy atom. The van der Waals surface area contributed by atoms with Crippen LogP contribution in [0.2, 0.25) is 0 Å². The van der Waals surface area contributed by atoms with E-state index in [1.54, 1.807) is 7.11 Å². The molecule has 0 bridgehead atoms. The zero-order valence-electron chi connectivity index (χ0n) is 18.4. The molecule has 0 radical (unpaired) electrons. The van der Waals surface area contributed by atoms with E-state index >= 15 is 0 Å².